The van der Waals surface area contributed by atoms with E-state index < -0.39 is 0 Å². The van der Waals surface area contributed by atoms with E-state index in [-0.39, 0.29) is 5.54 Å². The molecule has 0 fully saturated rings. The van der Waals surface area contributed by atoms with Crippen molar-refractivity contribution in [2.24, 2.45) is 5.73 Å². The summed E-state index contributed by atoms with van der Waals surface area (Å²) in [5.41, 5.74) is 7.98. The molecule has 1 atom stereocenters. The van der Waals surface area contributed by atoms with Crippen molar-refractivity contribution in [3.8, 4) is 0 Å². The van der Waals surface area contributed by atoms with Gasteiger partial charge in [0.25, 0.3) is 0 Å². The van der Waals surface area contributed by atoms with Gasteiger partial charge in [0.15, 0.2) is 0 Å². The largest absolute Gasteiger partial charge is 0.344 e. The highest BCUT2D eigenvalue weighted by Gasteiger charge is 2.23. The molecule has 3 heteroatoms. The first-order valence-electron chi connectivity index (χ1n) is 4.80. The minimum atomic E-state index is -0.312. The van der Waals surface area contributed by atoms with Gasteiger partial charge in [0.1, 0.15) is 5.82 Å². The van der Waals surface area contributed by atoms with Crippen LogP contribution in [0.3, 0.4) is 0 Å². The molecule has 1 unspecified atom stereocenters. The van der Waals surface area contributed by atoms with Crippen molar-refractivity contribution in [1.82, 2.24) is 9.97 Å². The highest BCUT2D eigenvalue weighted by atomic mass is 15.0. The lowest BCUT2D eigenvalue weighted by Gasteiger charge is -2.20. The third-order valence-corrected chi connectivity index (χ3v) is 2.44. The van der Waals surface area contributed by atoms with E-state index in [1.165, 1.54) is 0 Å². The lowest BCUT2D eigenvalue weighted by atomic mass is 9.97. The molecule has 1 aromatic rings. The molecule has 0 saturated carbocycles. The van der Waals surface area contributed by atoms with Crippen molar-refractivity contribution < 1.29 is 0 Å². The molecule has 13 heavy (non-hydrogen) atoms. The second-order valence-electron chi connectivity index (χ2n) is 3.96. The van der Waals surface area contributed by atoms with Crippen LogP contribution in [-0.2, 0) is 5.54 Å². The van der Waals surface area contributed by atoms with E-state index >= 15 is 0 Å². The molecular weight excluding hydrogens is 162 g/mol. The fourth-order valence-corrected chi connectivity index (χ4v) is 1.46. The molecule has 0 aliphatic rings. The van der Waals surface area contributed by atoms with E-state index in [0.717, 1.165) is 30.1 Å². The van der Waals surface area contributed by atoms with Crippen LogP contribution in [0.1, 0.15) is 43.9 Å². The summed E-state index contributed by atoms with van der Waals surface area (Å²) in [6, 6.07) is 0. The molecular formula is C10H19N3. The molecule has 1 rings (SSSR count). The van der Waals surface area contributed by atoms with E-state index in [9.17, 15) is 0 Å². The Labute approximate surface area is 79.8 Å². The number of hydrogen-bond acceptors (Lipinski definition) is 2. The predicted octanol–water partition coefficient (Wildman–Crippen LogP) is 2.00. The van der Waals surface area contributed by atoms with Gasteiger partial charge in [0, 0.05) is 5.69 Å². The SMILES string of the molecule is CCCC(C)(N)c1nc(C)c(C)[nH]1. The van der Waals surface area contributed by atoms with Gasteiger partial charge >= 0.3 is 0 Å². The average Bonchev–Trinajstić information content (AvgIpc) is 2.33. The number of H-pyrrole nitrogens is 1. The van der Waals surface area contributed by atoms with Crippen LogP contribution in [0.2, 0.25) is 0 Å². The molecule has 0 bridgehead atoms. The number of aromatic nitrogens is 2. The molecule has 0 spiro atoms. The molecule has 74 valence electrons. The Balaban J connectivity index is 2.93. The van der Waals surface area contributed by atoms with Gasteiger partial charge in [0.05, 0.1) is 11.2 Å². The summed E-state index contributed by atoms with van der Waals surface area (Å²) in [6.45, 7) is 8.17. The van der Waals surface area contributed by atoms with Crippen LogP contribution < -0.4 is 5.73 Å². The minimum absolute atomic E-state index is 0.312. The first-order valence-corrected chi connectivity index (χ1v) is 4.80. The molecule has 0 amide bonds. The number of aromatic amines is 1. The lowest BCUT2D eigenvalue weighted by molar-refractivity contribution is 0.422. The van der Waals surface area contributed by atoms with E-state index in [4.69, 9.17) is 5.73 Å². The minimum Gasteiger partial charge on any atom is -0.344 e. The molecule has 1 aromatic heterocycles. The molecule has 3 nitrogen and oxygen atoms in total. The Morgan fingerprint density at radius 3 is 2.46 bits per heavy atom. The number of aryl methyl sites for hydroxylation is 2. The van der Waals surface area contributed by atoms with Crippen molar-refractivity contribution in [1.29, 1.82) is 0 Å². The number of nitrogens with zero attached hydrogens (tertiary/aromatic N) is 1. The highest BCUT2D eigenvalue weighted by molar-refractivity contribution is 5.15. The molecule has 0 saturated heterocycles. The fraction of sp³-hybridized carbons (Fsp3) is 0.700. The first kappa shape index (κ1) is 10.3. The third-order valence-electron chi connectivity index (χ3n) is 2.44. The fourth-order valence-electron chi connectivity index (χ4n) is 1.46. The zero-order valence-electron chi connectivity index (χ0n) is 8.94. The number of imidazole rings is 1. The Morgan fingerprint density at radius 2 is 2.08 bits per heavy atom. The van der Waals surface area contributed by atoms with Crippen LogP contribution in [0, 0.1) is 13.8 Å². The summed E-state index contributed by atoms with van der Waals surface area (Å²) < 4.78 is 0. The summed E-state index contributed by atoms with van der Waals surface area (Å²) in [5, 5.41) is 0. The van der Waals surface area contributed by atoms with Crippen LogP contribution in [0.4, 0.5) is 0 Å². The maximum absolute atomic E-state index is 6.14. The van der Waals surface area contributed by atoms with Crippen molar-refractivity contribution >= 4 is 0 Å². The van der Waals surface area contributed by atoms with Gasteiger partial charge in [-0.3, -0.25) is 0 Å². The Hall–Kier alpha value is -0.830. The van der Waals surface area contributed by atoms with Gasteiger partial charge in [-0.15, -0.1) is 0 Å². The van der Waals surface area contributed by atoms with Crippen LogP contribution in [-0.4, -0.2) is 9.97 Å². The van der Waals surface area contributed by atoms with Crippen molar-refractivity contribution in [3.63, 3.8) is 0 Å². The van der Waals surface area contributed by atoms with Gasteiger partial charge in [-0.25, -0.2) is 4.98 Å². The summed E-state index contributed by atoms with van der Waals surface area (Å²) in [7, 11) is 0. The van der Waals surface area contributed by atoms with Crippen LogP contribution >= 0.6 is 0 Å². The van der Waals surface area contributed by atoms with Crippen LogP contribution in [0.25, 0.3) is 0 Å². The summed E-state index contributed by atoms with van der Waals surface area (Å²) in [5.74, 6) is 0.907. The third kappa shape index (κ3) is 2.10. The topological polar surface area (TPSA) is 54.7 Å². The number of nitrogens with one attached hydrogen (secondary N) is 1. The van der Waals surface area contributed by atoms with E-state index in [1.807, 2.05) is 20.8 Å². The average molecular weight is 181 g/mol. The van der Waals surface area contributed by atoms with E-state index in [2.05, 4.69) is 16.9 Å². The van der Waals surface area contributed by atoms with Gasteiger partial charge in [-0.1, -0.05) is 13.3 Å². The molecule has 1 heterocycles. The standard InChI is InChI=1S/C10H19N3/c1-5-6-10(4,11)9-12-7(2)8(3)13-9/h5-6,11H2,1-4H3,(H,12,13). The number of nitrogens with two attached hydrogens (primary N) is 1. The van der Waals surface area contributed by atoms with Crippen molar-refractivity contribution in [2.75, 3.05) is 0 Å². The van der Waals surface area contributed by atoms with Gasteiger partial charge in [0.2, 0.25) is 0 Å². The second kappa shape index (κ2) is 3.50. The summed E-state index contributed by atoms with van der Waals surface area (Å²) in [6.07, 6.45) is 2.03. The Morgan fingerprint density at radius 1 is 1.46 bits per heavy atom. The van der Waals surface area contributed by atoms with Gasteiger partial charge < -0.3 is 10.7 Å². The van der Waals surface area contributed by atoms with E-state index in [0.29, 0.717) is 0 Å². The van der Waals surface area contributed by atoms with Gasteiger partial charge in [-0.05, 0) is 27.2 Å². The Bertz CT molecular complexity index is 267. The predicted molar refractivity (Wildman–Crippen MR) is 54.5 cm³/mol. The second-order valence-corrected chi connectivity index (χ2v) is 3.96. The number of hydrogen-bond donors (Lipinski definition) is 2. The lowest BCUT2D eigenvalue weighted by Crippen LogP contribution is -2.34. The summed E-state index contributed by atoms with van der Waals surface area (Å²) in [4.78, 5) is 7.65. The number of rotatable bonds is 3. The van der Waals surface area contributed by atoms with Crippen molar-refractivity contribution in [2.45, 2.75) is 46.1 Å². The highest BCUT2D eigenvalue weighted by Crippen LogP contribution is 2.21. The molecule has 3 N–H and O–H groups in total. The zero-order valence-corrected chi connectivity index (χ0v) is 8.94. The molecule has 0 aliphatic carbocycles. The molecule has 0 radical (unpaired) electrons. The monoisotopic (exact) mass is 181 g/mol. The molecule has 0 aliphatic heterocycles. The quantitative estimate of drug-likeness (QED) is 0.749. The van der Waals surface area contributed by atoms with E-state index in [1.54, 1.807) is 0 Å². The van der Waals surface area contributed by atoms with Gasteiger partial charge in [-0.2, -0.15) is 0 Å². The normalized spacial score (nSPS) is 15.8. The smallest absolute Gasteiger partial charge is 0.126 e. The Kier molecular flexibility index (Phi) is 2.76. The van der Waals surface area contributed by atoms with Crippen LogP contribution in [0.15, 0.2) is 0 Å². The zero-order chi connectivity index (χ0) is 10.1. The molecule has 0 aromatic carbocycles. The maximum atomic E-state index is 6.14. The van der Waals surface area contributed by atoms with Crippen molar-refractivity contribution in [3.05, 3.63) is 17.2 Å². The first-order chi connectivity index (χ1) is 5.97. The summed E-state index contributed by atoms with van der Waals surface area (Å²) >= 11 is 0. The maximum Gasteiger partial charge on any atom is 0.126 e. The van der Waals surface area contributed by atoms with Crippen LogP contribution in [0.5, 0.6) is 0 Å².